The molecule has 3 atom stereocenters. The van der Waals surface area contributed by atoms with Gasteiger partial charge in [0.1, 0.15) is 5.82 Å². The summed E-state index contributed by atoms with van der Waals surface area (Å²) in [6.07, 6.45) is 4.27. The quantitative estimate of drug-likeness (QED) is 0.913. The highest BCUT2D eigenvalue weighted by Crippen LogP contribution is 2.18. The van der Waals surface area contributed by atoms with Gasteiger partial charge in [0.2, 0.25) is 0 Å². The molecule has 0 aliphatic carbocycles. The van der Waals surface area contributed by atoms with Crippen LogP contribution in [0.25, 0.3) is 0 Å². The summed E-state index contributed by atoms with van der Waals surface area (Å²) in [6, 6.07) is 3.74. The van der Waals surface area contributed by atoms with E-state index in [0.717, 1.165) is 38.4 Å². The molecule has 3 rings (SSSR count). The average molecular weight is 319 g/mol. The van der Waals surface area contributed by atoms with Gasteiger partial charge in [0.25, 0.3) is 5.91 Å². The number of anilines is 1. The number of pyridine rings is 1. The lowest BCUT2D eigenvalue weighted by atomic mass is 10.2. The Kier molecular flexibility index (Phi) is 5.13. The molecule has 3 heterocycles. The highest BCUT2D eigenvalue weighted by atomic mass is 16.5. The van der Waals surface area contributed by atoms with Crippen LogP contribution in [-0.2, 0) is 9.47 Å². The van der Waals surface area contributed by atoms with Crippen molar-refractivity contribution in [1.82, 2.24) is 10.3 Å². The molecule has 126 valence electrons. The Morgan fingerprint density at radius 1 is 1.35 bits per heavy atom. The maximum absolute atomic E-state index is 12.2. The van der Waals surface area contributed by atoms with Gasteiger partial charge in [0.15, 0.2) is 0 Å². The number of nitrogens with one attached hydrogen (secondary N) is 1. The van der Waals surface area contributed by atoms with E-state index in [1.165, 1.54) is 0 Å². The molecule has 2 fully saturated rings. The molecule has 2 saturated heterocycles. The fourth-order valence-electron chi connectivity index (χ4n) is 3.19. The Morgan fingerprint density at radius 3 is 2.74 bits per heavy atom. The molecule has 0 spiro atoms. The number of hydrogen-bond donors (Lipinski definition) is 1. The summed E-state index contributed by atoms with van der Waals surface area (Å²) in [4.78, 5) is 18.8. The number of carbonyl (C=O) groups is 1. The molecule has 1 N–H and O–H groups in total. The average Bonchev–Trinajstić information content (AvgIpc) is 3.05. The van der Waals surface area contributed by atoms with Crippen molar-refractivity contribution in [3.8, 4) is 0 Å². The number of morpholine rings is 1. The third-order valence-corrected chi connectivity index (χ3v) is 4.27. The zero-order valence-electron chi connectivity index (χ0n) is 13.8. The first kappa shape index (κ1) is 16.2. The van der Waals surface area contributed by atoms with Crippen LogP contribution in [0.2, 0.25) is 0 Å². The maximum Gasteiger partial charge on any atom is 0.252 e. The summed E-state index contributed by atoms with van der Waals surface area (Å²) in [6.45, 7) is 7.14. The highest BCUT2D eigenvalue weighted by molar-refractivity contribution is 5.94. The first-order valence-electron chi connectivity index (χ1n) is 8.38. The standard InChI is InChI=1S/C17H25N3O3/c1-12-10-20(11-13(2)23-12)16-6-5-14(8-18-16)17(21)19-9-15-4-3-7-22-15/h5-6,8,12-13,15H,3-4,7,9-11H2,1-2H3,(H,19,21)/t12-,13+,15-/m0/s1. The predicted octanol–water partition coefficient (Wildman–Crippen LogP) is 1.60. The zero-order valence-corrected chi connectivity index (χ0v) is 13.8. The van der Waals surface area contributed by atoms with Crippen molar-refractivity contribution < 1.29 is 14.3 Å². The summed E-state index contributed by atoms with van der Waals surface area (Å²) in [5, 5.41) is 2.92. The van der Waals surface area contributed by atoms with E-state index in [1.54, 1.807) is 6.20 Å². The van der Waals surface area contributed by atoms with Crippen LogP contribution in [0, 0.1) is 0 Å². The Hall–Kier alpha value is -1.66. The summed E-state index contributed by atoms with van der Waals surface area (Å²) in [5.74, 6) is 0.797. The highest BCUT2D eigenvalue weighted by Gasteiger charge is 2.23. The van der Waals surface area contributed by atoms with Crippen molar-refractivity contribution in [3.05, 3.63) is 23.9 Å². The first-order valence-corrected chi connectivity index (χ1v) is 8.38. The van der Waals surface area contributed by atoms with Crippen molar-refractivity contribution in [1.29, 1.82) is 0 Å². The number of nitrogens with zero attached hydrogens (tertiary/aromatic N) is 2. The van der Waals surface area contributed by atoms with Crippen LogP contribution in [0.1, 0.15) is 37.0 Å². The minimum absolute atomic E-state index is 0.0942. The van der Waals surface area contributed by atoms with Gasteiger partial charge in [0.05, 0.1) is 23.9 Å². The van der Waals surface area contributed by atoms with E-state index in [0.29, 0.717) is 12.1 Å². The van der Waals surface area contributed by atoms with Crippen LogP contribution in [0.5, 0.6) is 0 Å². The van der Waals surface area contributed by atoms with E-state index < -0.39 is 0 Å². The van der Waals surface area contributed by atoms with Crippen LogP contribution in [0.4, 0.5) is 5.82 Å². The van der Waals surface area contributed by atoms with Crippen molar-refractivity contribution in [2.45, 2.75) is 45.0 Å². The van der Waals surface area contributed by atoms with Gasteiger partial charge in [-0.15, -0.1) is 0 Å². The van der Waals surface area contributed by atoms with Crippen molar-refractivity contribution in [2.24, 2.45) is 0 Å². The predicted molar refractivity (Wildman–Crippen MR) is 87.8 cm³/mol. The fraction of sp³-hybridized carbons (Fsp3) is 0.647. The van der Waals surface area contributed by atoms with E-state index in [4.69, 9.17) is 9.47 Å². The molecule has 0 aromatic carbocycles. The molecular formula is C17H25N3O3. The van der Waals surface area contributed by atoms with Crippen LogP contribution in [-0.4, -0.2) is 55.4 Å². The molecule has 6 nitrogen and oxygen atoms in total. The number of carbonyl (C=O) groups excluding carboxylic acids is 1. The lowest BCUT2D eigenvalue weighted by Crippen LogP contribution is -2.45. The summed E-state index contributed by atoms with van der Waals surface area (Å²) >= 11 is 0. The van der Waals surface area contributed by atoms with Crippen LogP contribution in [0.15, 0.2) is 18.3 Å². The number of hydrogen-bond acceptors (Lipinski definition) is 5. The van der Waals surface area contributed by atoms with Gasteiger partial charge < -0.3 is 19.7 Å². The van der Waals surface area contributed by atoms with Crippen molar-refractivity contribution in [2.75, 3.05) is 31.1 Å². The third kappa shape index (κ3) is 4.20. The van der Waals surface area contributed by atoms with Crippen molar-refractivity contribution >= 4 is 11.7 Å². The zero-order chi connectivity index (χ0) is 16.2. The smallest absolute Gasteiger partial charge is 0.252 e. The summed E-state index contributed by atoms with van der Waals surface area (Å²) in [7, 11) is 0. The Morgan fingerprint density at radius 2 is 2.13 bits per heavy atom. The van der Waals surface area contributed by atoms with Gasteiger partial charge in [-0.3, -0.25) is 4.79 Å². The van der Waals surface area contributed by atoms with E-state index in [9.17, 15) is 4.79 Å². The number of amides is 1. The monoisotopic (exact) mass is 319 g/mol. The van der Waals surface area contributed by atoms with Crippen LogP contribution >= 0.6 is 0 Å². The molecule has 0 saturated carbocycles. The van der Waals surface area contributed by atoms with Gasteiger partial charge in [-0.05, 0) is 38.8 Å². The summed E-state index contributed by atoms with van der Waals surface area (Å²) in [5.41, 5.74) is 0.584. The van der Waals surface area contributed by atoms with E-state index >= 15 is 0 Å². The molecule has 1 aromatic rings. The van der Waals surface area contributed by atoms with Gasteiger partial charge in [-0.2, -0.15) is 0 Å². The second-order valence-electron chi connectivity index (χ2n) is 6.41. The van der Waals surface area contributed by atoms with Crippen molar-refractivity contribution in [3.63, 3.8) is 0 Å². The SMILES string of the molecule is C[C@@H]1CN(c2ccc(C(=O)NC[C@@H]3CCCO3)cn2)C[C@H](C)O1. The lowest BCUT2D eigenvalue weighted by molar-refractivity contribution is -0.00546. The maximum atomic E-state index is 12.2. The van der Waals surface area contributed by atoms with Crippen LogP contribution in [0.3, 0.4) is 0 Å². The number of rotatable bonds is 4. The Labute approximate surface area is 137 Å². The fourth-order valence-corrected chi connectivity index (χ4v) is 3.19. The van der Waals surface area contributed by atoms with Gasteiger partial charge in [0, 0.05) is 32.4 Å². The summed E-state index contributed by atoms with van der Waals surface area (Å²) < 4.78 is 11.2. The molecule has 2 aliphatic heterocycles. The number of ether oxygens (including phenoxy) is 2. The second-order valence-corrected chi connectivity index (χ2v) is 6.41. The molecule has 1 aromatic heterocycles. The molecule has 0 unspecified atom stereocenters. The minimum Gasteiger partial charge on any atom is -0.376 e. The largest absolute Gasteiger partial charge is 0.376 e. The second kappa shape index (κ2) is 7.27. The Bertz CT molecular complexity index is 518. The molecule has 2 aliphatic rings. The Balaban J connectivity index is 1.56. The van der Waals surface area contributed by atoms with Gasteiger partial charge in [-0.25, -0.2) is 4.98 Å². The van der Waals surface area contributed by atoms with E-state index in [2.05, 4.69) is 29.0 Å². The number of aromatic nitrogens is 1. The molecular weight excluding hydrogens is 294 g/mol. The molecule has 6 heteroatoms. The topological polar surface area (TPSA) is 63.7 Å². The van der Waals surface area contributed by atoms with E-state index in [-0.39, 0.29) is 24.2 Å². The normalized spacial score (nSPS) is 27.9. The van der Waals surface area contributed by atoms with E-state index in [1.807, 2.05) is 12.1 Å². The molecule has 1 amide bonds. The molecule has 0 bridgehead atoms. The third-order valence-electron chi connectivity index (χ3n) is 4.27. The first-order chi connectivity index (χ1) is 11.1. The lowest BCUT2D eigenvalue weighted by Gasteiger charge is -2.36. The van der Waals surface area contributed by atoms with Crippen LogP contribution < -0.4 is 10.2 Å². The molecule has 23 heavy (non-hydrogen) atoms. The van der Waals surface area contributed by atoms with Gasteiger partial charge in [-0.1, -0.05) is 0 Å². The minimum atomic E-state index is -0.0942. The molecule has 0 radical (unpaired) electrons. The van der Waals surface area contributed by atoms with Gasteiger partial charge >= 0.3 is 0 Å².